The Kier molecular flexibility index (Phi) is 9.33. The average molecular weight is 379 g/mol. The molecule has 1 aromatic carbocycles. The summed E-state index contributed by atoms with van der Waals surface area (Å²) in [6, 6.07) is 13.9. The molecule has 0 bridgehead atoms. The summed E-state index contributed by atoms with van der Waals surface area (Å²) >= 11 is 0. The number of pyridine rings is 2. The molecule has 0 aliphatic heterocycles. The van der Waals surface area contributed by atoms with Crippen molar-refractivity contribution in [2.75, 3.05) is 0 Å². The van der Waals surface area contributed by atoms with E-state index in [1.54, 1.807) is 18.5 Å². The van der Waals surface area contributed by atoms with Crippen molar-refractivity contribution in [3.63, 3.8) is 0 Å². The van der Waals surface area contributed by atoms with Gasteiger partial charge in [-0.2, -0.15) is 5.26 Å². The van der Waals surface area contributed by atoms with Crippen molar-refractivity contribution in [2.24, 2.45) is 0 Å². The Morgan fingerprint density at radius 3 is 1.68 bits per heavy atom. The number of hydrogen-bond donors (Lipinski definition) is 0. The van der Waals surface area contributed by atoms with Gasteiger partial charge in [0.05, 0.1) is 17.1 Å². The van der Waals surface area contributed by atoms with Crippen LogP contribution in [0.25, 0.3) is 21.8 Å². The van der Waals surface area contributed by atoms with E-state index in [2.05, 4.69) is 34.2 Å². The molecule has 0 aliphatic carbocycles. The molecule has 22 heavy (non-hydrogen) atoms. The summed E-state index contributed by atoms with van der Waals surface area (Å²) in [6.45, 7) is 2.74. The Morgan fingerprint density at radius 2 is 1.36 bits per heavy atom. The van der Waals surface area contributed by atoms with E-state index >= 15 is 0 Å². The van der Waals surface area contributed by atoms with Crippen LogP contribution in [0.15, 0.2) is 48.8 Å². The van der Waals surface area contributed by atoms with Crippen LogP contribution in [-0.4, -0.2) is 25.8 Å². The van der Waals surface area contributed by atoms with E-state index in [-0.39, 0.29) is 27.0 Å². The Hall–Kier alpha value is -2.31. The fourth-order valence-electron chi connectivity index (χ4n) is 1.68. The van der Waals surface area contributed by atoms with Crippen molar-refractivity contribution in [2.45, 2.75) is 13.8 Å². The molecule has 2 aromatic heterocycles. The minimum Gasteiger partial charge on any atom is -0.524 e. The number of rotatable bonds is 0. The van der Waals surface area contributed by atoms with Gasteiger partial charge in [0.2, 0.25) is 0 Å². The first kappa shape index (κ1) is 19.7. The topological polar surface area (TPSA) is 93.9 Å². The number of hydrogen-bond acceptors (Lipinski definition) is 3. The minimum absolute atomic E-state index is 0. The molecule has 3 aromatic rings. The summed E-state index contributed by atoms with van der Waals surface area (Å²) in [5.74, 6) is -0.333. The van der Waals surface area contributed by atoms with E-state index in [1.807, 2.05) is 12.1 Å². The first-order valence-corrected chi connectivity index (χ1v) is 6.23. The van der Waals surface area contributed by atoms with Crippen molar-refractivity contribution in [3.05, 3.63) is 48.8 Å². The predicted molar refractivity (Wildman–Crippen MR) is 84.6 cm³/mol. The normalized spacial score (nSPS) is 8.41. The second-order valence-corrected chi connectivity index (χ2v) is 4.02. The van der Waals surface area contributed by atoms with Crippen LogP contribution in [0, 0.1) is 11.3 Å². The second-order valence-electron chi connectivity index (χ2n) is 4.02. The van der Waals surface area contributed by atoms with E-state index in [1.165, 1.54) is 13.8 Å². The minimum atomic E-state index is -0.333. The van der Waals surface area contributed by atoms with Gasteiger partial charge in [0.15, 0.2) is 0 Å². The molecule has 0 spiro atoms. The first-order valence-electron chi connectivity index (χ1n) is 6.23. The quantitative estimate of drug-likeness (QED) is 0.341. The van der Waals surface area contributed by atoms with Crippen LogP contribution in [0.5, 0.6) is 0 Å². The van der Waals surface area contributed by atoms with Crippen molar-refractivity contribution >= 4 is 27.8 Å². The molecule has 3 rings (SSSR count). The molecule has 6 heteroatoms. The third kappa shape index (κ3) is 5.99. The number of carbonyl (C=O) groups excluding carboxylic acids is 1. The summed E-state index contributed by atoms with van der Waals surface area (Å²) < 4.78 is 0. The van der Waals surface area contributed by atoms with Crippen LogP contribution in [0.2, 0.25) is 0 Å². The van der Waals surface area contributed by atoms with Crippen LogP contribution in [0.3, 0.4) is 0 Å². The van der Waals surface area contributed by atoms with Gasteiger partial charge in [0, 0.05) is 30.1 Å². The average Bonchev–Trinajstić information content (AvgIpc) is 2.47. The van der Waals surface area contributed by atoms with Crippen molar-refractivity contribution < 1.29 is 31.0 Å². The van der Waals surface area contributed by atoms with Gasteiger partial charge in [0.1, 0.15) is 6.92 Å². The fourth-order valence-corrected chi connectivity index (χ4v) is 1.68. The molecule has 2 heterocycles. The standard InChI is InChI=1S/C12H8N2.C2H3N.C2H4O2.Mo/c1-3-9-5-6-10-4-2-8-14-12(10)11(9)13-7-1;1-2-3;1-2(3)4;/h1-8H;1H3;1H3,(H,3,4);/q;;;+2/p+2. The zero-order valence-corrected chi connectivity index (χ0v) is 14.3. The molecule has 0 aliphatic rings. The third-order valence-electron chi connectivity index (χ3n) is 2.34. The van der Waals surface area contributed by atoms with Gasteiger partial charge in [-0.1, -0.05) is 24.3 Å². The number of benzene rings is 1. The maximum Gasteiger partial charge on any atom is 2.00 e. The number of nitrogens with zero attached hydrogens (tertiary/aromatic N) is 3. The van der Waals surface area contributed by atoms with Gasteiger partial charge < -0.3 is 5.11 Å². The fraction of sp³-hybridized carbons (Fsp3) is 0.125. The van der Waals surface area contributed by atoms with E-state index in [0.717, 1.165) is 21.8 Å². The Labute approximate surface area is 142 Å². The van der Waals surface area contributed by atoms with Crippen LogP contribution < -0.4 is 0 Å². The zero-order chi connectivity index (χ0) is 15.7. The molecule has 5 nitrogen and oxygen atoms in total. The second kappa shape index (κ2) is 10.4. The number of nitriles is 1. The van der Waals surface area contributed by atoms with E-state index in [9.17, 15) is 0 Å². The molecule has 3 N–H and O–H groups in total. The smallest absolute Gasteiger partial charge is 0.524 e. The summed E-state index contributed by atoms with van der Waals surface area (Å²) in [5, 5.41) is 15.7. The SMILES string of the molecule is CC#N.CC(=[OH+])[OH2+].[Mo+2].c1cnc2c(c1)ccc1cccnc12. The van der Waals surface area contributed by atoms with Gasteiger partial charge in [-0.05, 0) is 12.1 Å². The molecular formula is C16H17MoN3O2+4. The van der Waals surface area contributed by atoms with Gasteiger partial charge in [0.25, 0.3) is 0 Å². The van der Waals surface area contributed by atoms with Crippen LogP contribution in [-0.2, 0) is 21.1 Å². The Balaban J connectivity index is 0.000000477. The molecule has 0 fully saturated rings. The molecule has 0 atom stereocenters. The largest absolute Gasteiger partial charge is 2.00 e. The summed E-state index contributed by atoms with van der Waals surface area (Å²) in [7, 11) is 0. The summed E-state index contributed by atoms with van der Waals surface area (Å²) in [6.07, 6.45) is 3.60. The van der Waals surface area contributed by atoms with Crippen molar-refractivity contribution in [3.8, 4) is 6.07 Å². The summed E-state index contributed by atoms with van der Waals surface area (Å²) in [4.78, 5) is 16.3. The maximum atomic E-state index is 7.64. The third-order valence-corrected chi connectivity index (χ3v) is 2.34. The monoisotopic (exact) mass is 381 g/mol. The predicted octanol–water partition coefficient (Wildman–Crippen LogP) is 2.54. The van der Waals surface area contributed by atoms with Crippen LogP contribution >= 0.6 is 0 Å². The maximum absolute atomic E-state index is 7.64. The molecular weight excluding hydrogens is 362 g/mol. The molecule has 110 valence electrons. The van der Waals surface area contributed by atoms with Gasteiger partial charge >= 0.3 is 27.0 Å². The van der Waals surface area contributed by atoms with Gasteiger partial charge in [-0.25, -0.2) is 4.79 Å². The Morgan fingerprint density at radius 1 is 1.05 bits per heavy atom. The molecule has 0 saturated carbocycles. The number of aromatic nitrogens is 2. The van der Waals surface area contributed by atoms with Crippen molar-refractivity contribution in [1.82, 2.24) is 9.97 Å². The van der Waals surface area contributed by atoms with E-state index < -0.39 is 0 Å². The summed E-state index contributed by atoms with van der Waals surface area (Å²) in [5.41, 5.74) is 1.95. The first-order chi connectivity index (χ1) is 10.1. The zero-order valence-electron chi connectivity index (χ0n) is 12.3. The molecule has 0 amide bonds. The molecule has 0 radical (unpaired) electrons. The molecule has 0 saturated heterocycles. The van der Waals surface area contributed by atoms with Crippen LogP contribution in [0.4, 0.5) is 0 Å². The van der Waals surface area contributed by atoms with Gasteiger partial charge in [-0.15, -0.1) is 0 Å². The van der Waals surface area contributed by atoms with E-state index in [0.29, 0.717) is 0 Å². The van der Waals surface area contributed by atoms with Crippen LogP contribution in [0.1, 0.15) is 13.8 Å². The Bertz CT molecular complexity index is 726. The van der Waals surface area contributed by atoms with E-state index in [4.69, 9.17) is 15.2 Å². The van der Waals surface area contributed by atoms with Gasteiger partial charge in [-0.3, -0.25) is 9.97 Å². The number of fused-ring (bicyclic) bond motifs is 3. The van der Waals surface area contributed by atoms with Crippen molar-refractivity contribution in [1.29, 1.82) is 5.26 Å². The molecule has 0 unspecified atom stereocenters.